The summed E-state index contributed by atoms with van der Waals surface area (Å²) in [4.78, 5) is 11.7. The number of ether oxygens (including phenoxy) is 1. The fourth-order valence-electron chi connectivity index (χ4n) is 2.45. The van der Waals surface area contributed by atoms with Crippen LogP contribution in [0.3, 0.4) is 0 Å². The fourth-order valence-corrected chi connectivity index (χ4v) is 2.45. The molecule has 0 aromatic heterocycles. The molecule has 2 aromatic carbocycles. The Bertz CT molecular complexity index is 617. The molecule has 2 aromatic rings. The van der Waals surface area contributed by atoms with E-state index < -0.39 is 0 Å². The van der Waals surface area contributed by atoms with Gasteiger partial charge in [-0.25, -0.2) is 0 Å². The first-order chi connectivity index (χ1) is 10.3. The van der Waals surface area contributed by atoms with Gasteiger partial charge in [0.1, 0.15) is 0 Å². The predicted molar refractivity (Wildman–Crippen MR) is 80.6 cm³/mol. The lowest BCUT2D eigenvalue weighted by Gasteiger charge is -2.22. The molecule has 21 heavy (non-hydrogen) atoms. The maximum atomic E-state index is 11.7. The highest BCUT2D eigenvalue weighted by Gasteiger charge is 2.27. The van der Waals surface area contributed by atoms with Crippen LogP contribution in [0.4, 0.5) is 0 Å². The summed E-state index contributed by atoms with van der Waals surface area (Å²) >= 11 is 0. The maximum Gasteiger partial charge on any atom is 0.306 e. The zero-order chi connectivity index (χ0) is 15.1. The number of methoxy groups -OCH3 is 1. The van der Waals surface area contributed by atoms with Crippen molar-refractivity contribution in [1.29, 1.82) is 5.26 Å². The molecule has 0 aliphatic heterocycles. The van der Waals surface area contributed by atoms with Crippen LogP contribution < -0.4 is 0 Å². The van der Waals surface area contributed by atoms with Crippen LogP contribution in [0.2, 0.25) is 0 Å². The summed E-state index contributed by atoms with van der Waals surface area (Å²) in [5.74, 6) is -0.904. The van der Waals surface area contributed by atoms with Gasteiger partial charge in [0.05, 0.1) is 25.5 Å². The number of nitriles is 1. The van der Waals surface area contributed by atoms with Crippen molar-refractivity contribution in [3.63, 3.8) is 0 Å². The molecule has 0 radical (unpaired) electrons. The van der Waals surface area contributed by atoms with E-state index in [-0.39, 0.29) is 24.2 Å². The lowest BCUT2D eigenvalue weighted by molar-refractivity contribution is -0.141. The molecule has 0 fully saturated rings. The largest absolute Gasteiger partial charge is 0.469 e. The van der Waals surface area contributed by atoms with E-state index in [2.05, 4.69) is 6.07 Å². The summed E-state index contributed by atoms with van der Waals surface area (Å²) in [6.45, 7) is 0. The Morgan fingerprint density at radius 1 is 1.05 bits per heavy atom. The maximum absolute atomic E-state index is 11.7. The van der Waals surface area contributed by atoms with Gasteiger partial charge in [0, 0.05) is 5.92 Å². The smallest absolute Gasteiger partial charge is 0.306 e. The third-order valence-electron chi connectivity index (χ3n) is 3.54. The van der Waals surface area contributed by atoms with Gasteiger partial charge in [0.2, 0.25) is 0 Å². The average molecular weight is 279 g/mol. The first-order valence-electron chi connectivity index (χ1n) is 6.82. The zero-order valence-electron chi connectivity index (χ0n) is 11.9. The van der Waals surface area contributed by atoms with Crippen molar-refractivity contribution in [2.45, 2.75) is 18.3 Å². The van der Waals surface area contributed by atoms with Crippen molar-refractivity contribution in [2.24, 2.45) is 0 Å². The first-order valence-corrected chi connectivity index (χ1v) is 6.82. The van der Waals surface area contributed by atoms with Crippen LogP contribution >= 0.6 is 0 Å². The van der Waals surface area contributed by atoms with Crippen molar-refractivity contribution < 1.29 is 9.53 Å². The third-order valence-corrected chi connectivity index (χ3v) is 3.54. The SMILES string of the molecule is COC(=O)C[C@H](c1ccccc1)[C@@H](C#N)c1ccccc1. The average Bonchev–Trinajstić information content (AvgIpc) is 2.56. The zero-order valence-corrected chi connectivity index (χ0v) is 11.9. The monoisotopic (exact) mass is 279 g/mol. The van der Waals surface area contributed by atoms with Crippen molar-refractivity contribution in [2.75, 3.05) is 7.11 Å². The van der Waals surface area contributed by atoms with Crippen LogP contribution in [-0.4, -0.2) is 13.1 Å². The van der Waals surface area contributed by atoms with E-state index in [1.54, 1.807) is 0 Å². The highest BCUT2D eigenvalue weighted by Crippen LogP contribution is 2.35. The van der Waals surface area contributed by atoms with Crippen LogP contribution in [0.25, 0.3) is 0 Å². The number of benzene rings is 2. The minimum absolute atomic E-state index is 0.188. The number of rotatable bonds is 5. The molecular formula is C18H17NO2. The quantitative estimate of drug-likeness (QED) is 0.785. The standard InChI is InChI=1S/C18H17NO2/c1-21-18(20)12-16(14-8-4-2-5-9-14)17(13-19)15-10-6-3-7-11-15/h2-11,16-17H,12H2,1H3/t16-,17+/m1/s1. The molecule has 0 aliphatic rings. The molecule has 0 spiro atoms. The molecule has 0 saturated heterocycles. The Labute approximate surface area is 124 Å². The van der Waals surface area contributed by atoms with Gasteiger partial charge in [-0.05, 0) is 11.1 Å². The Morgan fingerprint density at radius 3 is 2.05 bits per heavy atom. The number of carbonyl (C=O) groups is 1. The summed E-state index contributed by atoms with van der Waals surface area (Å²) < 4.78 is 4.78. The highest BCUT2D eigenvalue weighted by molar-refractivity contribution is 5.70. The molecule has 106 valence electrons. The molecule has 0 heterocycles. The van der Waals surface area contributed by atoms with Crippen molar-refractivity contribution in [3.05, 3.63) is 71.8 Å². The number of carbonyl (C=O) groups excluding carboxylic acids is 1. The van der Waals surface area contributed by atoms with Gasteiger partial charge in [-0.1, -0.05) is 60.7 Å². The van der Waals surface area contributed by atoms with Crippen LogP contribution in [0, 0.1) is 11.3 Å². The van der Waals surface area contributed by atoms with E-state index in [1.807, 2.05) is 60.7 Å². The van der Waals surface area contributed by atoms with Crippen molar-refractivity contribution in [3.8, 4) is 6.07 Å². The lowest BCUT2D eigenvalue weighted by Crippen LogP contribution is -2.15. The molecule has 3 heteroatoms. The Morgan fingerprint density at radius 2 is 1.57 bits per heavy atom. The number of hydrogen-bond acceptors (Lipinski definition) is 3. The first kappa shape index (κ1) is 14.8. The van der Waals surface area contributed by atoms with Crippen LogP contribution in [-0.2, 0) is 9.53 Å². The fraction of sp³-hybridized carbons (Fsp3) is 0.222. The Kier molecular flexibility index (Phi) is 5.11. The van der Waals surface area contributed by atoms with Gasteiger partial charge in [-0.3, -0.25) is 4.79 Å². The summed E-state index contributed by atoms with van der Waals surface area (Å²) in [6, 6.07) is 21.5. The van der Waals surface area contributed by atoms with Gasteiger partial charge in [-0.2, -0.15) is 5.26 Å². The molecular weight excluding hydrogens is 262 g/mol. The summed E-state index contributed by atoms with van der Waals surface area (Å²) in [6.07, 6.45) is 0.188. The second-order valence-electron chi connectivity index (χ2n) is 4.81. The number of hydrogen-bond donors (Lipinski definition) is 0. The molecule has 0 saturated carbocycles. The van der Waals surface area contributed by atoms with E-state index in [4.69, 9.17) is 4.74 Å². The van der Waals surface area contributed by atoms with E-state index in [0.29, 0.717) is 0 Å². The molecule has 2 rings (SSSR count). The van der Waals surface area contributed by atoms with Gasteiger partial charge < -0.3 is 4.74 Å². The normalized spacial score (nSPS) is 13.0. The number of esters is 1. The molecule has 0 amide bonds. The minimum Gasteiger partial charge on any atom is -0.469 e. The lowest BCUT2D eigenvalue weighted by atomic mass is 9.80. The predicted octanol–water partition coefficient (Wildman–Crippen LogP) is 3.64. The van der Waals surface area contributed by atoms with Gasteiger partial charge in [0.25, 0.3) is 0 Å². The second kappa shape index (κ2) is 7.25. The third kappa shape index (κ3) is 3.70. The van der Waals surface area contributed by atoms with Crippen molar-refractivity contribution in [1.82, 2.24) is 0 Å². The topological polar surface area (TPSA) is 50.1 Å². The molecule has 0 aliphatic carbocycles. The molecule has 0 bridgehead atoms. The molecule has 2 atom stereocenters. The van der Waals surface area contributed by atoms with Crippen LogP contribution in [0.5, 0.6) is 0 Å². The minimum atomic E-state index is -0.382. The summed E-state index contributed by atoms with van der Waals surface area (Å²) in [5.41, 5.74) is 1.89. The summed E-state index contributed by atoms with van der Waals surface area (Å²) in [5, 5.41) is 9.59. The van der Waals surface area contributed by atoms with Crippen molar-refractivity contribution >= 4 is 5.97 Å². The molecule has 0 unspecified atom stereocenters. The Hall–Kier alpha value is -2.60. The number of nitrogens with zero attached hydrogens (tertiary/aromatic N) is 1. The van der Waals surface area contributed by atoms with Crippen LogP contribution in [0.15, 0.2) is 60.7 Å². The van der Waals surface area contributed by atoms with E-state index in [1.165, 1.54) is 7.11 Å². The summed E-state index contributed by atoms with van der Waals surface area (Å²) in [7, 11) is 1.37. The Balaban J connectivity index is 2.38. The highest BCUT2D eigenvalue weighted by atomic mass is 16.5. The van der Waals surface area contributed by atoms with Gasteiger partial charge in [-0.15, -0.1) is 0 Å². The van der Waals surface area contributed by atoms with E-state index in [0.717, 1.165) is 11.1 Å². The second-order valence-corrected chi connectivity index (χ2v) is 4.81. The molecule has 0 N–H and O–H groups in total. The van der Waals surface area contributed by atoms with Gasteiger partial charge in [0.15, 0.2) is 0 Å². The van der Waals surface area contributed by atoms with E-state index in [9.17, 15) is 10.1 Å². The van der Waals surface area contributed by atoms with Gasteiger partial charge >= 0.3 is 5.97 Å². The van der Waals surface area contributed by atoms with E-state index >= 15 is 0 Å². The molecule has 3 nitrogen and oxygen atoms in total. The van der Waals surface area contributed by atoms with Crippen LogP contribution in [0.1, 0.15) is 29.4 Å².